The first kappa shape index (κ1) is 15.8. The van der Waals surface area contributed by atoms with Crippen LogP contribution in [0.2, 0.25) is 0 Å². The summed E-state index contributed by atoms with van der Waals surface area (Å²) in [6.07, 6.45) is 0.732. The average Bonchev–Trinajstić information content (AvgIpc) is 3.03. The highest BCUT2D eigenvalue weighted by Crippen LogP contribution is 2.25. The fraction of sp³-hybridized carbons (Fsp3) is 0.471. The lowest BCUT2D eigenvalue weighted by Gasteiger charge is -2.33. The van der Waals surface area contributed by atoms with Gasteiger partial charge in [0.1, 0.15) is 11.4 Å². The van der Waals surface area contributed by atoms with Crippen LogP contribution in [0.15, 0.2) is 24.3 Å². The van der Waals surface area contributed by atoms with Gasteiger partial charge in [-0.25, -0.2) is 0 Å². The molecule has 1 aromatic heterocycles. The predicted octanol–water partition coefficient (Wildman–Crippen LogP) is 1.38. The molecule has 1 aliphatic rings. The van der Waals surface area contributed by atoms with Crippen LogP contribution in [0.4, 0.5) is 0 Å². The molecule has 1 amide bonds. The molecule has 2 aromatic rings. The Balaban J connectivity index is 1.71. The van der Waals surface area contributed by atoms with E-state index in [1.807, 2.05) is 24.3 Å². The Hall–Kier alpha value is -2.05. The number of rotatable bonds is 4. The first-order chi connectivity index (χ1) is 11.1. The zero-order valence-electron chi connectivity index (χ0n) is 13.2. The lowest BCUT2D eigenvalue weighted by molar-refractivity contribution is 0.0178. The van der Waals surface area contributed by atoms with Crippen molar-refractivity contribution in [1.29, 1.82) is 0 Å². The topological polar surface area (TPSA) is 85.8 Å². The van der Waals surface area contributed by atoms with E-state index in [0.29, 0.717) is 31.6 Å². The number of nitrogens with one attached hydrogen (secondary N) is 1. The smallest absolute Gasteiger partial charge is 0.270 e. The van der Waals surface area contributed by atoms with Crippen molar-refractivity contribution < 1.29 is 19.7 Å². The molecule has 6 heteroatoms. The van der Waals surface area contributed by atoms with Gasteiger partial charge in [-0.2, -0.15) is 0 Å². The van der Waals surface area contributed by atoms with E-state index in [4.69, 9.17) is 9.84 Å². The van der Waals surface area contributed by atoms with Crippen LogP contribution < -0.4 is 4.74 Å². The summed E-state index contributed by atoms with van der Waals surface area (Å²) in [5.74, 6) is 0.794. The van der Waals surface area contributed by atoms with Gasteiger partial charge in [0.05, 0.1) is 19.8 Å². The van der Waals surface area contributed by atoms with E-state index >= 15 is 0 Å². The number of aliphatic hydroxyl groups is 2. The standard InChI is InChI=1S/C17H22N2O4/c1-23-13-2-3-14-12(8-13)9-15(18-14)17(22)19-6-4-11(5-7-19)16(21)10-20/h2-3,8-9,11,16,18,20-21H,4-7,10H2,1H3. The van der Waals surface area contributed by atoms with Gasteiger partial charge in [0, 0.05) is 24.0 Å². The summed E-state index contributed by atoms with van der Waals surface area (Å²) in [6.45, 7) is 0.973. The molecule has 3 rings (SSSR count). The quantitative estimate of drug-likeness (QED) is 0.795. The van der Waals surface area contributed by atoms with Gasteiger partial charge in [-0.15, -0.1) is 0 Å². The third-order valence-corrected chi connectivity index (χ3v) is 4.62. The first-order valence-electron chi connectivity index (χ1n) is 7.87. The van der Waals surface area contributed by atoms with Crippen LogP contribution in [0.1, 0.15) is 23.3 Å². The number of fused-ring (bicyclic) bond motifs is 1. The maximum Gasteiger partial charge on any atom is 0.270 e. The molecule has 1 aromatic carbocycles. The Labute approximate surface area is 134 Å². The molecule has 0 spiro atoms. The number of hydrogen-bond donors (Lipinski definition) is 3. The molecule has 124 valence electrons. The molecule has 1 aliphatic heterocycles. The zero-order valence-corrected chi connectivity index (χ0v) is 13.2. The first-order valence-corrected chi connectivity index (χ1v) is 7.87. The van der Waals surface area contributed by atoms with Crippen molar-refractivity contribution in [3.63, 3.8) is 0 Å². The molecule has 0 aliphatic carbocycles. The van der Waals surface area contributed by atoms with Crippen molar-refractivity contribution in [3.05, 3.63) is 30.0 Å². The Bertz CT molecular complexity index is 689. The van der Waals surface area contributed by atoms with E-state index in [1.165, 1.54) is 0 Å². The number of ether oxygens (including phenoxy) is 1. The number of amides is 1. The summed E-state index contributed by atoms with van der Waals surface area (Å²) in [5, 5.41) is 19.7. The number of aromatic nitrogens is 1. The molecule has 0 bridgehead atoms. The summed E-state index contributed by atoms with van der Waals surface area (Å²) in [7, 11) is 1.62. The van der Waals surface area contributed by atoms with Crippen molar-refractivity contribution >= 4 is 16.8 Å². The number of carbonyl (C=O) groups is 1. The summed E-state index contributed by atoms with van der Waals surface area (Å²) >= 11 is 0. The van der Waals surface area contributed by atoms with Crippen molar-refractivity contribution in [1.82, 2.24) is 9.88 Å². The minimum atomic E-state index is -0.687. The SMILES string of the molecule is COc1ccc2[nH]c(C(=O)N3CCC(C(O)CO)CC3)cc2c1. The fourth-order valence-electron chi connectivity index (χ4n) is 3.16. The van der Waals surface area contributed by atoms with Gasteiger partial charge < -0.3 is 24.8 Å². The van der Waals surface area contributed by atoms with Gasteiger partial charge >= 0.3 is 0 Å². The number of benzene rings is 1. The van der Waals surface area contributed by atoms with Crippen LogP contribution >= 0.6 is 0 Å². The van der Waals surface area contributed by atoms with Gasteiger partial charge in [-0.05, 0) is 43.0 Å². The molecular weight excluding hydrogens is 296 g/mol. The average molecular weight is 318 g/mol. The molecule has 1 saturated heterocycles. The van der Waals surface area contributed by atoms with E-state index in [-0.39, 0.29) is 18.4 Å². The second kappa shape index (κ2) is 6.60. The maximum absolute atomic E-state index is 12.6. The number of carbonyl (C=O) groups excluding carboxylic acids is 1. The van der Waals surface area contributed by atoms with Crippen LogP contribution in [0.3, 0.4) is 0 Å². The molecule has 1 atom stereocenters. The van der Waals surface area contributed by atoms with Crippen molar-refractivity contribution in [2.45, 2.75) is 18.9 Å². The third-order valence-electron chi connectivity index (χ3n) is 4.62. The second-order valence-electron chi connectivity index (χ2n) is 6.02. The van der Waals surface area contributed by atoms with Crippen LogP contribution in [-0.4, -0.2) is 58.9 Å². The van der Waals surface area contributed by atoms with Crippen LogP contribution in [0.5, 0.6) is 5.75 Å². The van der Waals surface area contributed by atoms with Gasteiger partial charge in [-0.1, -0.05) is 0 Å². The van der Waals surface area contributed by atoms with Crippen LogP contribution in [0.25, 0.3) is 10.9 Å². The fourth-order valence-corrected chi connectivity index (χ4v) is 3.16. The van der Waals surface area contributed by atoms with Gasteiger partial charge in [0.25, 0.3) is 5.91 Å². The molecule has 2 heterocycles. The second-order valence-corrected chi connectivity index (χ2v) is 6.02. The number of H-pyrrole nitrogens is 1. The summed E-state index contributed by atoms with van der Waals surface area (Å²) in [5.41, 5.74) is 1.47. The molecule has 0 saturated carbocycles. The molecule has 0 radical (unpaired) electrons. The minimum absolute atomic E-state index is 0.0305. The third kappa shape index (κ3) is 3.18. The Morgan fingerprint density at radius 2 is 2.13 bits per heavy atom. The van der Waals surface area contributed by atoms with Crippen molar-refractivity contribution in [3.8, 4) is 5.75 Å². The predicted molar refractivity (Wildman–Crippen MR) is 86.6 cm³/mol. The minimum Gasteiger partial charge on any atom is -0.497 e. The summed E-state index contributed by atoms with van der Waals surface area (Å²) in [4.78, 5) is 17.6. The van der Waals surface area contributed by atoms with E-state index in [1.54, 1.807) is 12.0 Å². The largest absolute Gasteiger partial charge is 0.497 e. The number of likely N-dealkylation sites (tertiary alicyclic amines) is 1. The highest BCUT2D eigenvalue weighted by molar-refractivity contribution is 5.98. The normalized spacial score (nSPS) is 17.4. The molecule has 3 N–H and O–H groups in total. The maximum atomic E-state index is 12.6. The Kier molecular flexibility index (Phi) is 4.54. The highest BCUT2D eigenvalue weighted by Gasteiger charge is 2.28. The Morgan fingerprint density at radius 3 is 2.78 bits per heavy atom. The van der Waals surface area contributed by atoms with Crippen LogP contribution in [-0.2, 0) is 0 Å². The molecule has 6 nitrogen and oxygen atoms in total. The molecular formula is C17H22N2O4. The number of aromatic amines is 1. The summed E-state index contributed by atoms with van der Waals surface area (Å²) in [6, 6.07) is 7.49. The number of methoxy groups -OCH3 is 1. The lowest BCUT2D eigenvalue weighted by atomic mass is 9.91. The number of piperidine rings is 1. The van der Waals surface area contributed by atoms with E-state index in [2.05, 4.69) is 4.98 Å². The van der Waals surface area contributed by atoms with Crippen LogP contribution in [0, 0.1) is 5.92 Å². The van der Waals surface area contributed by atoms with Gasteiger partial charge in [-0.3, -0.25) is 4.79 Å². The lowest BCUT2D eigenvalue weighted by Crippen LogP contribution is -2.42. The molecule has 23 heavy (non-hydrogen) atoms. The van der Waals surface area contributed by atoms with E-state index in [0.717, 1.165) is 16.7 Å². The van der Waals surface area contributed by atoms with E-state index in [9.17, 15) is 9.90 Å². The van der Waals surface area contributed by atoms with Crippen molar-refractivity contribution in [2.24, 2.45) is 5.92 Å². The molecule has 1 unspecified atom stereocenters. The van der Waals surface area contributed by atoms with E-state index < -0.39 is 6.10 Å². The van der Waals surface area contributed by atoms with Gasteiger partial charge in [0.15, 0.2) is 0 Å². The van der Waals surface area contributed by atoms with Crippen molar-refractivity contribution in [2.75, 3.05) is 26.8 Å². The highest BCUT2D eigenvalue weighted by atomic mass is 16.5. The Morgan fingerprint density at radius 1 is 1.39 bits per heavy atom. The summed E-state index contributed by atoms with van der Waals surface area (Å²) < 4.78 is 5.20. The molecule has 1 fully saturated rings. The number of hydrogen-bond acceptors (Lipinski definition) is 4. The number of nitrogens with zero attached hydrogens (tertiary/aromatic N) is 1. The monoisotopic (exact) mass is 318 g/mol. The number of aliphatic hydroxyl groups excluding tert-OH is 2. The van der Waals surface area contributed by atoms with Gasteiger partial charge in [0.2, 0.25) is 0 Å². The zero-order chi connectivity index (χ0) is 16.4.